The second kappa shape index (κ2) is 4.53. The van der Waals surface area contributed by atoms with Gasteiger partial charge in [0.05, 0.1) is 16.6 Å². The van der Waals surface area contributed by atoms with E-state index < -0.39 is 0 Å². The molecule has 0 saturated heterocycles. The lowest BCUT2D eigenvalue weighted by molar-refractivity contribution is 0.523. The second-order valence-corrected chi connectivity index (χ2v) is 5.37. The first-order valence-corrected chi connectivity index (χ1v) is 6.76. The van der Waals surface area contributed by atoms with Gasteiger partial charge < -0.3 is 5.43 Å². The number of halogens is 1. The summed E-state index contributed by atoms with van der Waals surface area (Å²) in [5.41, 5.74) is 5.30. The molecule has 0 bridgehead atoms. The van der Waals surface area contributed by atoms with Crippen LogP contribution in [0.5, 0.6) is 0 Å². The maximum absolute atomic E-state index is 12.9. The second-order valence-electron chi connectivity index (χ2n) is 4.42. The van der Waals surface area contributed by atoms with Crippen LogP contribution in [-0.4, -0.2) is 5.71 Å². The molecule has 1 aromatic heterocycles. The summed E-state index contributed by atoms with van der Waals surface area (Å²) in [6, 6.07) is 10.9. The predicted octanol–water partition coefficient (Wildman–Crippen LogP) is 3.57. The zero-order valence-corrected chi connectivity index (χ0v) is 10.7. The average Bonchev–Trinajstić information content (AvgIpc) is 2.99. The fourth-order valence-corrected chi connectivity index (χ4v) is 3.06. The normalized spacial score (nSPS) is 22.7. The van der Waals surface area contributed by atoms with E-state index >= 15 is 0 Å². The van der Waals surface area contributed by atoms with Gasteiger partial charge in [-0.2, -0.15) is 5.10 Å². The van der Waals surface area contributed by atoms with E-state index in [1.807, 2.05) is 18.2 Å². The molecule has 2 nitrogen and oxygen atoms in total. The van der Waals surface area contributed by atoms with Gasteiger partial charge in [-0.1, -0.05) is 25.1 Å². The van der Waals surface area contributed by atoms with Gasteiger partial charge in [-0.3, -0.25) is 0 Å². The van der Waals surface area contributed by atoms with Crippen molar-refractivity contribution in [2.75, 3.05) is 0 Å². The average molecular weight is 260 g/mol. The van der Waals surface area contributed by atoms with Crippen LogP contribution in [-0.2, 0) is 0 Å². The van der Waals surface area contributed by atoms with Gasteiger partial charge in [0, 0.05) is 5.92 Å². The van der Waals surface area contributed by atoms with E-state index in [0.29, 0.717) is 0 Å². The van der Waals surface area contributed by atoms with Crippen molar-refractivity contribution in [3.63, 3.8) is 0 Å². The number of thiophene rings is 1. The standard InChI is InChI=1S/C14H13FN2S/c1-9-13(10-4-6-11(15)7-5-10)16-17-14(9)12-3-2-8-18-12/h2-9,13,16H,1H3. The Kier molecular flexibility index (Phi) is 2.88. The van der Waals surface area contributed by atoms with Crippen molar-refractivity contribution in [1.82, 2.24) is 5.43 Å². The lowest BCUT2D eigenvalue weighted by Gasteiger charge is -2.16. The molecule has 0 radical (unpaired) electrons. The number of nitrogens with zero attached hydrogens (tertiary/aromatic N) is 1. The van der Waals surface area contributed by atoms with Crippen LogP contribution in [0.3, 0.4) is 0 Å². The molecule has 0 saturated carbocycles. The quantitative estimate of drug-likeness (QED) is 0.877. The fraction of sp³-hybridized carbons (Fsp3) is 0.214. The maximum atomic E-state index is 12.9. The summed E-state index contributed by atoms with van der Waals surface area (Å²) in [5, 5.41) is 6.47. The lowest BCUT2D eigenvalue weighted by Crippen LogP contribution is -2.18. The van der Waals surface area contributed by atoms with E-state index in [0.717, 1.165) is 11.3 Å². The Morgan fingerprint density at radius 3 is 2.67 bits per heavy atom. The Balaban J connectivity index is 1.85. The molecule has 1 aromatic carbocycles. The SMILES string of the molecule is CC1C(c2cccs2)=NNC1c1ccc(F)cc1. The Labute approximate surface area is 109 Å². The Bertz CT molecular complexity index is 560. The minimum Gasteiger partial charge on any atom is -0.302 e. The van der Waals surface area contributed by atoms with Crippen molar-refractivity contribution >= 4 is 17.0 Å². The Morgan fingerprint density at radius 1 is 1.22 bits per heavy atom. The van der Waals surface area contributed by atoms with Crippen LogP contribution < -0.4 is 5.43 Å². The van der Waals surface area contributed by atoms with Gasteiger partial charge in [0.25, 0.3) is 0 Å². The first-order chi connectivity index (χ1) is 8.75. The molecule has 2 unspecified atom stereocenters. The summed E-state index contributed by atoms with van der Waals surface area (Å²) < 4.78 is 12.9. The maximum Gasteiger partial charge on any atom is 0.123 e. The highest BCUT2D eigenvalue weighted by Crippen LogP contribution is 2.31. The van der Waals surface area contributed by atoms with E-state index in [2.05, 4.69) is 28.9 Å². The summed E-state index contributed by atoms with van der Waals surface area (Å²) in [5.74, 6) is 0.0814. The summed E-state index contributed by atoms with van der Waals surface area (Å²) in [6.45, 7) is 2.15. The zero-order valence-electron chi connectivity index (χ0n) is 9.93. The van der Waals surface area contributed by atoms with Gasteiger partial charge in [-0.25, -0.2) is 4.39 Å². The predicted molar refractivity (Wildman–Crippen MR) is 72.3 cm³/mol. The van der Waals surface area contributed by atoms with Gasteiger partial charge in [-0.05, 0) is 29.1 Å². The first-order valence-electron chi connectivity index (χ1n) is 5.88. The molecule has 3 rings (SSSR count). The third-order valence-electron chi connectivity index (χ3n) is 3.26. The highest BCUT2D eigenvalue weighted by molar-refractivity contribution is 7.12. The molecule has 2 heterocycles. The van der Waals surface area contributed by atoms with Crippen molar-refractivity contribution < 1.29 is 4.39 Å². The topological polar surface area (TPSA) is 24.4 Å². The van der Waals surface area contributed by atoms with E-state index in [9.17, 15) is 4.39 Å². The van der Waals surface area contributed by atoms with Crippen LogP contribution in [0.4, 0.5) is 4.39 Å². The number of nitrogens with one attached hydrogen (secondary N) is 1. The monoisotopic (exact) mass is 260 g/mol. The number of hydrogen-bond donors (Lipinski definition) is 1. The highest BCUT2D eigenvalue weighted by Gasteiger charge is 2.30. The van der Waals surface area contributed by atoms with Crippen molar-refractivity contribution in [3.05, 3.63) is 58.0 Å². The van der Waals surface area contributed by atoms with Crippen LogP contribution in [0.25, 0.3) is 0 Å². The highest BCUT2D eigenvalue weighted by atomic mass is 32.1. The molecule has 0 fully saturated rings. The molecule has 1 aliphatic heterocycles. The molecule has 0 aliphatic carbocycles. The summed E-state index contributed by atoms with van der Waals surface area (Å²) in [6.07, 6.45) is 0. The number of benzene rings is 1. The molecule has 4 heteroatoms. The van der Waals surface area contributed by atoms with Gasteiger partial charge in [0.2, 0.25) is 0 Å². The molecular formula is C14H13FN2S. The third-order valence-corrected chi connectivity index (χ3v) is 4.15. The van der Waals surface area contributed by atoms with Crippen molar-refractivity contribution in [3.8, 4) is 0 Å². The minimum absolute atomic E-state index is 0.127. The number of rotatable bonds is 2. The smallest absolute Gasteiger partial charge is 0.123 e. The Hall–Kier alpha value is -1.68. The largest absolute Gasteiger partial charge is 0.302 e. The van der Waals surface area contributed by atoms with Crippen LogP contribution in [0, 0.1) is 11.7 Å². The van der Waals surface area contributed by atoms with Gasteiger partial charge in [0.1, 0.15) is 5.82 Å². The summed E-state index contributed by atoms with van der Waals surface area (Å²) in [4.78, 5) is 1.19. The van der Waals surface area contributed by atoms with Crippen molar-refractivity contribution in [1.29, 1.82) is 0 Å². The summed E-state index contributed by atoms with van der Waals surface area (Å²) in [7, 11) is 0. The zero-order chi connectivity index (χ0) is 12.5. The van der Waals surface area contributed by atoms with Gasteiger partial charge in [-0.15, -0.1) is 11.3 Å². The van der Waals surface area contributed by atoms with Crippen LogP contribution in [0.1, 0.15) is 23.4 Å². The molecule has 18 heavy (non-hydrogen) atoms. The molecule has 1 N–H and O–H groups in total. The first kappa shape index (κ1) is 11.4. The molecule has 0 amide bonds. The van der Waals surface area contributed by atoms with E-state index in [1.54, 1.807) is 11.3 Å². The van der Waals surface area contributed by atoms with Gasteiger partial charge in [0.15, 0.2) is 0 Å². The van der Waals surface area contributed by atoms with Crippen molar-refractivity contribution in [2.24, 2.45) is 11.0 Å². The fourth-order valence-electron chi connectivity index (χ4n) is 2.25. The Morgan fingerprint density at radius 2 is 2.00 bits per heavy atom. The van der Waals surface area contributed by atoms with E-state index in [-0.39, 0.29) is 17.8 Å². The molecular weight excluding hydrogens is 247 g/mol. The minimum atomic E-state index is -0.205. The third kappa shape index (κ3) is 1.93. The number of hydrazone groups is 1. The molecule has 2 atom stereocenters. The van der Waals surface area contributed by atoms with E-state index in [1.165, 1.54) is 17.0 Å². The van der Waals surface area contributed by atoms with Crippen LogP contribution >= 0.6 is 11.3 Å². The molecule has 1 aliphatic rings. The lowest BCUT2D eigenvalue weighted by atomic mass is 9.92. The van der Waals surface area contributed by atoms with Crippen LogP contribution in [0.2, 0.25) is 0 Å². The van der Waals surface area contributed by atoms with Gasteiger partial charge >= 0.3 is 0 Å². The van der Waals surface area contributed by atoms with Crippen LogP contribution in [0.15, 0.2) is 46.9 Å². The molecule has 92 valence electrons. The molecule has 0 spiro atoms. The summed E-state index contributed by atoms with van der Waals surface area (Å²) >= 11 is 1.69. The van der Waals surface area contributed by atoms with Crippen molar-refractivity contribution in [2.45, 2.75) is 13.0 Å². The number of hydrogen-bond acceptors (Lipinski definition) is 3. The van der Waals surface area contributed by atoms with E-state index in [4.69, 9.17) is 0 Å². The molecule has 2 aromatic rings.